The molecule has 54 heavy (non-hydrogen) atoms. The van der Waals surface area contributed by atoms with Crippen molar-refractivity contribution >= 4 is 6.09 Å². The summed E-state index contributed by atoms with van der Waals surface area (Å²) in [5, 5.41) is 0. The first-order valence-corrected chi connectivity index (χ1v) is 22.7. The van der Waals surface area contributed by atoms with Crippen LogP contribution < -0.4 is 0 Å². The Bertz CT molecular complexity index is 1450. The summed E-state index contributed by atoms with van der Waals surface area (Å²) in [6, 6.07) is 0.648. The van der Waals surface area contributed by atoms with Gasteiger partial charge in [-0.3, -0.25) is 9.80 Å². The molecule has 10 fully saturated rings. The molecule has 12 atom stereocenters. The van der Waals surface area contributed by atoms with Crippen LogP contribution in [0, 0.1) is 57.2 Å². The smallest absolute Gasteiger partial charge is 0.410 e. The topological polar surface area (TPSA) is 72.9 Å². The lowest BCUT2D eigenvalue weighted by Crippen LogP contribution is -2.68. The van der Waals surface area contributed by atoms with Crippen LogP contribution in [0.15, 0.2) is 0 Å². The van der Waals surface area contributed by atoms with Crippen molar-refractivity contribution in [3.05, 3.63) is 0 Å². The summed E-state index contributed by atoms with van der Waals surface area (Å²) >= 11 is 0. The minimum Gasteiger partial charge on any atom is -0.443 e. The minimum atomic E-state index is -0.155. The van der Waals surface area contributed by atoms with E-state index >= 15 is 0 Å². The van der Waals surface area contributed by atoms with Crippen molar-refractivity contribution < 1.29 is 29.9 Å². The van der Waals surface area contributed by atoms with Gasteiger partial charge in [0.05, 0.1) is 50.7 Å². The summed E-state index contributed by atoms with van der Waals surface area (Å²) in [6.45, 7) is 25.6. The summed E-state index contributed by atoms with van der Waals surface area (Å²) in [6.07, 6.45) is 14.2. The van der Waals surface area contributed by atoms with Gasteiger partial charge in [-0.05, 0) is 136 Å². The molecule has 0 N–H and O–H groups in total. The van der Waals surface area contributed by atoms with E-state index in [1.54, 1.807) is 0 Å². The van der Waals surface area contributed by atoms with Crippen LogP contribution in [0.2, 0.25) is 0 Å². The molecule has 5 aliphatic carbocycles. The van der Waals surface area contributed by atoms with Crippen molar-refractivity contribution in [1.29, 1.82) is 0 Å². The fourth-order valence-electron chi connectivity index (χ4n) is 15.4. The molecule has 7 unspecified atom stereocenters. The lowest BCUT2D eigenvalue weighted by molar-refractivity contribution is -0.255. The van der Waals surface area contributed by atoms with Gasteiger partial charge in [0.1, 0.15) is 6.10 Å². The molecule has 5 aliphatic heterocycles. The predicted molar refractivity (Wildman–Crippen MR) is 209 cm³/mol. The molecule has 0 aromatic heterocycles. The SMILES string of the molecule is CC(C)[C@@H](OC(=O)N1CCC1)C1CCC2C(CC3C4CCC5C(C)(C)[C@@H](OC6CN(C(C)(C)C7CN(C8COC8)C7)CCO6)CC[C@@]56C[C@@]46CC[C@]23C)O1.[HH]. The van der Waals surface area contributed by atoms with E-state index in [1.807, 2.05) is 4.90 Å². The van der Waals surface area contributed by atoms with Crippen molar-refractivity contribution in [2.75, 3.05) is 59.1 Å². The number of carbonyl (C=O) groups is 1. The van der Waals surface area contributed by atoms with Crippen LogP contribution in [-0.2, 0) is 23.7 Å². The van der Waals surface area contributed by atoms with E-state index in [0.29, 0.717) is 40.2 Å². The summed E-state index contributed by atoms with van der Waals surface area (Å²) in [5.74, 6) is 3.90. The van der Waals surface area contributed by atoms with Crippen LogP contribution >= 0.6 is 0 Å². The van der Waals surface area contributed by atoms with Crippen LogP contribution in [0.4, 0.5) is 4.79 Å². The maximum Gasteiger partial charge on any atom is 0.410 e. The number of ether oxygens (including phenoxy) is 5. The molecule has 2 spiro atoms. The fourth-order valence-corrected chi connectivity index (χ4v) is 15.4. The third-order valence-corrected chi connectivity index (χ3v) is 19.1. The second kappa shape index (κ2) is 13.0. The lowest BCUT2D eigenvalue weighted by Gasteiger charge is -2.60. The minimum absolute atomic E-state index is 0. The Kier molecular flexibility index (Phi) is 8.99. The molecular weight excluding hydrogens is 679 g/mol. The fraction of sp³-hybridized carbons (Fsp3) is 0.978. The number of likely N-dealkylation sites (tertiary alicyclic amines) is 2. The molecule has 10 aliphatic rings. The largest absolute Gasteiger partial charge is 0.443 e. The molecule has 0 bridgehead atoms. The van der Waals surface area contributed by atoms with E-state index in [1.165, 1.54) is 70.9 Å². The number of fused-ring (bicyclic) bond motifs is 4. The molecule has 0 aromatic carbocycles. The van der Waals surface area contributed by atoms with Gasteiger partial charge in [-0.1, -0.05) is 34.6 Å². The molecule has 5 saturated heterocycles. The zero-order chi connectivity index (χ0) is 37.4. The van der Waals surface area contributed by atoms with Crippen LogP contribution in [0.25, 0.3) is 0 Å². The average Bonchev–Trinajstić information content (AvgIpc) is 3.64. The van der Waals surface area contributed by atoms with E-state index in [4.69, 9.17) is 23.7 Å². The Morgan fingerprint density at radius 2 is 1.67 bits per heavy atom. The molecule has 9 heteroatoms. The number of amides is 1. The van der Waals surface area contributed by atoms with Gasteiger partial charge >= 0.3 is 6.09 Å². The van der Waals surface area contributed by atoms with E-state index < -0.39 is 0 Å². The number of nitrogens with zero attached hydrogens (tertiary/aromatic N) is 3. The van der Waals surface area contributed by atoms with Crippen molar-refractivity contribution in [2.24, 2.45) is 57.2 Å². The van der Waals surface area contributed by atoms with E-state index in [0.717, 1.165) is 76.6 Å². The number of rotatable bonds is 8. The zero-order valence-electron chi connectivity index (χ0n) is 34.9. The molecule has 0 aromatic rings. The van der Waals surface area contributed by atoms with Crippen LogP contribution in [0.5, 0.6) is 0 Å². The molecule has 10 rings (SSSR count). The van der Waals surface area contributed by atoms with Crippen LogP contribution in [-0.4, -0.2) is 122 Å². The van der Waals surface area contributed by atoms with Gasteiger partial charge in [0.25, 0.3) is 0 Å². The van der Waals surface area contributed by atoms with Gasteiger partial charge < -0.3 is 28.6 Å². The van der Waals surface area contributed by atoms with Crippen LogP contribution in [0.3, 0.4) is 0 Å². The normalized spacial score (nSPS) is 46.9. The summed E-state index contributed by atoms with van der Waals surface area (Å²) in [4.78, 5) is 20.1. The quantitative estimate of drug-likeness (QED) is 0.253. The molecule has 5 heterocycles. The molecular formula is C45H75N3O6. The lowest BCUT2D eigenvalue weighted by atomic mass is 9.46. The van der Waals surface area contributed by atoms with Crippen molar-refractivity contribution in [3.8, 4) is 0 Å². The molecule has 306 valence electrons. The first kappa shape index (κ1) is 37.3. The van der Waals surface area contributed by atoms with Gasteiger partial charge in [0.15, 0.2) is 6.29 Å². The van der Waals surface area contributed by atoms with E-state index in [2.05, 4.69) is 58.3 Å². The molecule has 9 nitrogen and oxygen atoms in total. The number of hydrogen-bond donors (Lipinski definition) is 0. The van der Waals surface area contributed by atoms with E-state index in [9.17, 15) is 4.79 Å². The molecule has 0 radical (unpaired) electrons. The maximum atomic E-state index is 12.9. The van der Waals surface area contributed by atoms with Crippen molar-refractivity contribution in [1.82, 2.24) is 14.7 Å². The van der Waals surface area contributed by atoms with Crippen molar-refractivity contribution in [3.63, 3.8) is 0 Å². The van der Waals surface area contributed by atoms with Crippen molar-refractivity contribution in [2.45, 2.75) is 161 Å². The second-order valence-electron chi connectivity index (χ2n) is 22.1. The van der Waals surface area contributed by atoms with E-state index in [-0.39, 0.29) is 49.0 Å². The highest BCUT2D eigenvalue weighted by atomic mass is 16.7. The van der Waals surface area contributed by atoms with Gasteiger partial charge in [-0.15, -0.1) is 0 Å². The molecule has 5 saturated carbocycles. The van der Waals surface area contributed by atoms with Gasteiger partial charge in [0.2, 0.25) is 0 Å². The highest BCUT2D eigenvalue weighted by Gasteiger charge is 2.81. The first-order valence-electron chi connectivity index (χ1n) is 22.7. The highest BCUT2D eigenvalue weighted by molar-refractivity contribution is 5.68. The van der Waals surface area contributed by atoms with Gasteiger partial charge in [-0.2, -0.15) is 0 Å². The van der Waals surface area contributed by atoms with Gasteiger partial charge in [0, 0.05) is 45.6 Å². The Morgan fingerprint density at radius 3 is 2.37 bits per heavy atom. The predicted octanol–water partition coefficient (Wildman–Crippen LogP) is 7.46. The third kappa shape index (κ3) is 5.45. The second-order valence-corrected chi connectivity index (χ2v) is 22.1. The van der Waals surface area contributed by atoms with Crippen LogP contribution in [0.1, 0.15) is 121 Å². The summed E-state index contributed by atoms with van der Waals surface area (Å²) in [5.41, 5.74) is 1.68. The Labute approximate surface area is 327 Å². The first-order chi connectivity index (χ1) is 25.8. The monoisotopic (exact) mass is 754 g/mol. The summed E-state index contributed by atoms with van der Waals surface area (Å²) in [7, 11) is 0. The average molecular weight is 754 g/mol. The number of morpholine rings is 1. The number of hydrogen-bond acceptors (Lipinski definition) is 8. The summed E-state index contributed by atoms with van der Waals surface area (Å²) < 4.78 is 32.3. The molecule has 1 amide bonds. The highest BCUT2D eigenvalue weighted by Crippen LogP contribution is 2.87. The Balaban J connectivity index is 0.00000397. The Morgan fingerprint density at radius 1 is 0.889 bits per heavy atom. The van der Waals surface area contributed by atoms with Gasteiger partial charge in [-0.25, -0.2) is 4.79 Å². The Hall–Kier alpha value is -0.970. The zero-order valence-corrected chi connectivity index (χ0v) is 34.9. The maximum absolute atomic E-state index is 12.9. The standard InChI is InChI=1S/C45H73N3O6.H2/c1-28(2)39(54-40(49)46-17-8-18-46)34-11-9-32-35(52-34)21-33-31-10-12-36-41(3,4)37(13-14-45(36)27-44(31,45)16-15-43(32,33)7)53-38-24-48(19-20-51-38)42(5,6)29-22-47(23-29)30-25-50-26-30;/h28-39H,8-27H2,1-7H3;1H/t31?,32?,33?,34?,35?,36?,37-,38?,39+,43+,44-,45+;/m0./s1. The number of carbonyl (C=O) groups excluding carboxylic acids is 1. The third-order valence-electron chi connectivity index (χ3n) is 19.1.